The number of hydrogen-bond donors (Lipinski definition) is 3. The molecule has 0 fully saturated rings. The van der Waals surface area contributed by atoms with Crippen molar-refractivity contribution in [1.29, 1.82) is 0 Å². The fraction of sp³-hybridized carbons (Fsp3) is 0.100. The van der Waals surface area contributed by atoms with Crippen LogP contribution in [0.5, 0.6) is 5.75 Å². The second kappa shape index (κ2) is 7.57. The third kappa shape index (κ3) is 4.10. The number of nitrogens with one attached hydrogen (secondary N) is 2. The molecule has 2 aromatic carbocycles. The molecule has 0 bridgehead atoms. The average molecular weight is 348 g/mol. The molecular formula is C20H20N4O2. The lowest BCUT2D eigenvalue weighted by Gasteiger charge is -2.08. The van der Waals surface area contributed by atoms with Crippen molar-refractivity contribution in [3.63, 3.8) is 0 Å². The Morgan fingerprint density at radius 3 is 2.62 bits per heavy atom. The van der Waals surface area contributed by atoms with Crippen molar-refractivity contribution in [2.45, 2.75) is 13.8 Å². The molecule has 1 aromatic heterocycles. The van der Waals surface area contributed by atoms with Crippen LogP contribution in [0.25, 0.3) is 5.69 Å². The van der Waals surface area contributed by atoms with Crippen LogP contribution in [0.2, 0.25) is 0 Å². The number of urea groups is 1. The fourth-order valence-corrected chi connectivity index (χ4v) is 2.61. The third-order valence-corrected chi connectivity index (χ3v) is 3.90. The molecule has 0 radical (unpaired) electrons. The maximum absolute atomic E-state index is 12.0. The van der Waals surface area contributed by atoms with Gasteiger partial charge in [0, 0.05) is 17.6 Å². The molecule has 0 aliphatic heterocycles. The van der Waals surface area contributed by atoms with E-state index in [0.717, 1.165) is 28.2 Å². The number of hydrazone groups is 1. The molecule has 0 spiro atoms. The van der Waals surface area contributed by atoms with E-state index in [1.54, 1.807) is 30.5 Å². The second-order valence-electron chi connectivity index (χ2n) is 5.96. The molecule has 6 nitrogen and oxygen atoms in total. The van der Waals surface area contributed by atoms with Gasteiger partial charge in [0.25, 0.3) is 0 Å². The number of amides is 2. The number of nitrogens with zero attached hydrogens (tertiary/aromatic N) is 2. The number of phenolic OH excluding ortho intramolecular Hbond substituents is 1. The van der Waals surface area contributed by atoms with Gasteiger partial charge in [-0.1, -0.05) is 17.7 Å². The predicted octanol–water partition coefficient (Wildman–Crippen LogP) is 3.96. The minimum absolute atomic E-state index is 0.209. The molecule has 26 heavy (non-hydrogen) atoms. The zero-order chi connectivity index (χ0) is 18.5. The Labute approximate surface area is 151 Å². The lowest BCUT2D eigenvalue weighted by atomic mass is 10.1. The second-order valence-corrected chi connectivity index (χ2v) is 5.96. The van der Waals surface area contributed by atoms with E-state index >= 15 is 0 Å². The molecule has 0 atom stereocenters. The molecule has 0 saturated heterocycles. The summed E-state index contributed by atoms with van der Waals surface area (Å²) < 4.78 is 1.90. The first-order valence-electron chi connectivity index (χ1n) is 8.17. The number of aromatic nitrogens is 1. The quantitative estimate of drug-likeness (QED) is 0.493. The van der Waals surface area contributed by atoms with Crippen LogP contribution in [0.3, 0.4) is 0 Å². The van der Waals surface area contributed by atoms with Gasteiger partial charge in [-0.15, -0.1) is 0 Å². The number of aromatic hydroxyl groups is 1. The molecule has 2 amide bonds. The summed E-state index contributed by atoms with van der Waals surface area (Å²) >= 11 is 0. The standard InChI is InChI=1S/C20H20N4O2/c1-14-5-10-19(15(2)12-14)22-20(26)23-21-13-17-4-3-11-24(17)16-6-8-18(25)9-7-16/h3-13,25H,1-2H3,(H2,22,23,26)/b21-13+. The van der Waals surface area contributed by atoms with E-state index in [-0.39, 0.29) is 5.75 Å². The van der Waals surface area contributed by atoms with Crippen LogP contribution in [-0.4, -0.2) is 21.9 Å². The van der Waals surface area contributed by atoms with E-state index < -0.39 is 6.03 Å². The smallest absolute Gasteiger partial charge is 0.339 e. The van der Waals surface area contributed by atoms with Gasteiger partial charge in [-0.25, -0.2) is 10.2 Å². The molecule has 0 saturated carbocycles. The summed E-state index contributed by atoms with van der Waals surface area (Å²) in [5.41, 5.74) is 7.02. The van der Waals surface area contributed by atoms with Crippen LogP contribution < -0.4 is 10.7 Å². The van der Waals surface area contributed by atoms with Crippen molar-refractivity contribution in [3.05, 3.63) is 77.6 Å². The zero-order valence-electron chi connectivity index (χ0n) is 14.6. The Hall–Kier alpha value is -3.54. The van der Waals surface area contributed by atoms with Crippen molar-refractivity contribution in [2.75, 3.05) is 5.32 Å². The number of hydrogen-bond acceptors (Lipinski definition) is 3. The minimum atomic E-state index is -0.407. The SMILES string of the molecule is Cc1ccc(NC(=O)N/N=C/c2cccn2-c2ccc(O)cc2)c(C)c1. The van der Waals surface area contributed by atoms with E-state index in [0.29, 0.717) is 0 Å². The fourth-order valence-electron chi connectivity index (χ4n) is 2.61. The number of carbonyl (C=O) groups is 1. The number of aryl methyl sites for hydroxylation is 2. The molecule has 3 rings (SSSR count). The van der Waals surface area contributed by atoms with Crippen molar-refractivity contribution in [1.82, 2.24) is 9.99 Å². The van der Waals surface area contributed by atoms with Crippen LogP contribution in [0.15, 0.2) is 65.9 Å². The number of carbonyl (C=O) groups excluding carboxylic acids is 1. The van der Waals surface area contributed by atoms with E-state index in [2.05, 4.69) is 15.8 Å². The summed E-state index contributed by atoms with van der Waals surface area (Å²) in [7, 11) is 0. The highest BCUT2D eigenvalue weighted by molar-refractivity contribution is 5.91. The van der Waals surface area contributed by atoms with Crippen molar-refractivity contribution in [3.8, 4) is 11.4 Å². The lowest BCUT2D eigenvalue weighted by Crippen LogP contribution is -2.24. The van der Waals surface area contributed by atoms with Gasteiger partial charge in [0.2, 0.25) is 0 Å². The summed E-state index contributed by atoms with van der Waals surface area (Å²) in [6.07, 6.45) is 3.44. The van der Waals surface area contributed by atoms with Crippen molar-refractivity contribution < 1.29 is 9.90 Å². The molecule has 0 aliphatic rings. The van der Waals surface area contributed by atoms with Crippen LogP contribution >= 0.6 is 0 Å². The van der Waals surface area contributed by atoms with Gasteiger partial charge in [-0.3, -0.25) is 0 Å². The average Bonchev–Trinajstić information content (AvgIpc) is 3.06. The highest BCUT2D eigenvalue weighted by Crippen LogP contribution is 2.16. The maximum Gasteiger partial charge on any atom is 0.339 e. The van der Waals surface area contributed by atoms with E-state index in [1.807, 2.05) is 54.9 Å². The first kappa shape index (κ1) is 17.3. The molecule has 0 aliphatic carbocycles. The summed E-state index contributed by atoms with van der Waals surface area (Å²) in [4.78, 5) is 12.0. The van der Waals surface area contributed by atoms with Gasteiger partial charge in [-0.05, 0) is 61.9 Å². The summed E-state index contributed by atoms with van der Waals surface area (Å²) in [5.74, 6) is 0.209. The van der Waals surface area contributed by atoms with Gasteiger partial charge in [0.05, 0.1) is 11.9 Å². The Bertz CT molecular complexity index is 943. The summed E-state index contributed by atoms with van der Waals surface area (Å²) in [6, 6.07) is 16.0. The summed E-state index contributed by atoms with van der Waals surface area (Å²) in [6.45, 7) is 3.95. The molecule has 3 N–H and O–H groups in total. The van der Waals surface area contributed by atoms with Gasteiger partial charge in [0.15, 0.2) is 0 Å². The first-order valence-corrected chi connectivity index (χ1v) is 8.17. The monoisotopic (exact) mass is 348 g/mol. The minimum Gasteiger partial charge on any atom is -0.508 e. The van der Waals surface area contributed by atoms with E-state index in [4.69, 9.17) is 0 Å². The van der Waals surface area contributed by atoms with Gasteiger partial charge in [-0.2, -0.15) is 5.10 Å². The molecule has 132 valence electrons. The number of anilines is 1. The number of benzene rings is 2. The van der Waals surface area contributed by atoms with Crippen molar-refractivity contribution >= 4 is 17.9 Å². The zero-order valence-corrected chi connectivity index (χ0v) is 14.6. The predicted molar refractivity (Wildman–Crippen MR) is 103 cm³/mol. The summed E-state index contributed by atoms with van der Waals surface area (Å²) in [5, 5.41) is 16.2. The van der Waals surface area contributed by atoms with E-state index in [9.17, 15) is 9.90 Å². The first-order chi connectivity index (χ1) is 12.5. The Balaban J connectivity index is 1.65. The largest absolute Gasteiger partial charge is 0.508 e. The van der Waals surface area contributed by atoms with Crippen LogP contribution in [0, 0.1) is 13.8 Å². The van der Waals surface area contributed by atoms with Crippen LogP contribution in [-0.2, 0) is 0 Å². The normalized spacial score (nSPS) is 10.8. The highest BCUT2D eigenvalue weighted by atomic mass is 16.3. The highest BCUT2D eigenvalue weighted by Gasteiger charge is 2.04. The third-order valence-electron chi connectivity index (χ3n) is 3.90. The Morgan fingerprint density at radius 1 is 1.12 bits per heavy atom. The Morgan fingerprint density at radius 2 is 1.88 bits per heavy atom. The molecule has 3 aromatic rings. The number of rotatable bonds is 4. The Kier molecular flexibility index (Phi) is 5.03. The maximum atomic E-state index is 12.0. The molecule has 0 unspecified atom stereocenters. The molecule has 1 heterocycles. The van der Waals surface area contributed by atoms with Gasteiger partial charge in [0.1, 0.15) is 5.75 Å². The topological polar surface area (TPSA) is 78.7 Å². The van der Waals surface area contributed by atoms with E-state index in [1.165, 1.54) is 0 Å². The van der Waals surface area contributed by atoms with Crippen LogP contribution in [0.1, 0.15) is 16.8 Å². The van der Waals surface area contributed by atoms with Crippen LogP contribution in [0.4, 0.5) is 10.5 Å². The molecular weight excluding hydrogens is 328 g/mol. The van der Waals surface area contributed by atoms with Gasteiger partial charge >= 0.3 is 6.03 Å². The number of phenols is 1. The lowest BCUT2D eigenvalue weighted by molar-refractivity contribution is 0.252. The molecule has 6 heteroatoms. The van der Waals surface area contributed by atoms with Gasteiger partial charge < -0.3 is 15.0 Å². The van der Waals surface area contributed by atoms with Crippen molar-refractivity contribution in [2.24, 2.45) is 5.10 Å².